The van der Waals surface area contributed by atoms with E-state index in [2.05, 4.69) is 21.0 Å². The third-order valence-corrected chi connectivity index (χ3v) is 2.88. The van der Waals surface area contributed by atoms with E-state index in [-0.39, 0.29) is 0 Å². The SMILES string of the molecule is Cc1cc(C)n(-c2cc(N)ccc2Br)n1. The Morgan fingerprint density at radius 2 is 2.00 bits per heavy atom. The molecule has 1 aromatic heterocycles. The minimum Gasteiger partial charge on any atom is -0.399 e. The van der Waals surface area contributed by atoms with Gasteiger partial charge in [-0.15, -0.1) is 0 Å². The van der Waals surface area contributed by atoms with E-state index in [0.717, 1.165) is 27.2 Å². The molecule has 2 N–H and O–H groups in total. The molecule has 0 aliphatic carbocycles. The van der Waals surface area contributed by atoms with Crippen LogP contribution >= 0.6 is 15.9 Å². The third kappa shape index (κ3) is 1.90. The fourth-order valence-corrected chi connectivity index (χ4v) is 1.98. The fourth-order valence-electron chi connectivity index (χ4n) is 1.56. The Kier molecular flexibility index (Phi) is 2.52. The van der Waals surface area contributed by atoms with Gasteiger partial charge in [0.25, 0.3) is 0 Å². The average molecular weight is 266 g/mol. The highest BCUT2D eigenvalue weighted by molar-refractivity contribution is 9.10. The number of rotatable bonds is 1. The van der Waals surface area contributed by atoms with E-state index in [1.54, 1.807) is 0 Å². The Morgan fingerprint density at radius 1 is 1.27 bits per heavy atom. The molecule has 2 rings (SSSR count). The number of aromatic nitrogens is 2. The molecular formula is C11H12BrN3. The molecule has 78 valence electrons. The van der Waals surface area contributed by atoms with Crippen LogP contribution in [0.25, 0.3) is 5.69 Å². The van der Waals surface area contributed by atoms with E-state index < -0.39 is 0 Å². The summed E-state index contributed by atoms with van der Waals surface area (Å²) in [5.74, 6) is 0. The first-order valence-electron chi connectivity index (χ1n) is 4.66. The van der Waals surface area contributed by atoms with Crippen molar-refractivity contribution in [2.75, 3.05) is 5.73 Å². The lowest BCUT2D eigenvalue weighted by Crippen LogP contribution is -2.01. The highest BCUT2D eigenvalue weighted by Crippen LogP contribution is 2.24. The zero-order chi connectivity index (χ0) is 11.0. The first-order valence-corrected chi connectivity index (χ1v) is 5.46. The second-order valence-electron chi connectivity index (χ2n) is 3.55. The number of nitrogens with zero attached hydrogens (tertiary/aromatic N) is 2. The van der Waals surface area contributed by atoms with Crippen LogP contribution in [0.1, 0.15) is 11.4 Å². The monoisotopic (exact) mass is 265 g/mol. The molecule has 0 radical (unpaired) electrons. The lowest BCUT2D eigenvalue weighted by molar-refractivity contribution is 0.830. The molecule has 0 fully saturated rings. The molecule has 2 aromatic rings. The summed E-state index contributed by atoms with van der Waals surface area (Å²) in [5, 5.41) is 4.41. The highest BCUT2D eigenvalue weighted by atomic mass is 79.9. The number of hydrogen-bond acceptors (Lipinski definition) is 2. The smallest absolute Gasteiger partial charge is 0.0811 e. The van der Waals surface area contributed by atoms with Gasteiger partial charge in [-0.05, 0) is 54.0 Å². The maximum absolute atomic E-state index is 5.76. The molecule has 0 amide bonds. The van der Waals surface area contributed by atoms with Crippen molar-refractivity contribution in [2.24, 2.45) is 0 Å². The van der Waals surface area contributed by atoms with Crippen molar-refractivity contribution in [1.82, 2.24) is 9.78 Å². The normalized spacial score (nSPS) is 10.6. The topological polar surface area (TPSA) is 43.8 Å². The van der Waals surface area contributed by atoms with E-state index in [1.165, 1.54) is 0 Å². The summed E-state index contributed by atoms with van der Waals surface area (Å²) >= 11 is 3.49. The van der Waals surface area contributed by atoms with Crippen LogP contribution in [-0.2, 0) is 0 Å². The molecule has 0 aliphatic rings. The van der Waals surface area contributed by atoms with Crippen molar-refractivity contribution >= 4 is 21.6 Å². The molecule has 0 aliphatic heterocycles. The van der Waals surface area contributed by atoms with Crippen molar-refractivity contribution in [3.8, 4) is 5.69 Å². The standard InChI is InChI=1S/C11H12BrN3/c1-7-5-8(2)15(14-7)11-6-9(13)3-4-10(11)12/h3-6H,13H2,1-2H3. The van der Waals surface area contributed by atoms with E-state index in [0.29, 0.717) is 0 Å². The first kappa shape index (κ1) is 10.2. The minimum atomic E-state index is 0.737. The van der Waals surface area contributed by atoms with Crippen LogP contribution < -0.4 is 5.73 Å². The van der Waals surface area contributed by atoms with Gasteiger partial charge in [-0.25, -0.2) is 4.68 Å². The molecule has 0 spiro atoms. The van der Waals surface area contributed by atoms with Crippen LogP contribution in [-0.4, -0.2) is 9.78 Å². The lowest BCUT2D eigenvalue weighted by atomic mass is 10.3. The number of aryl methyl sites for hydroxylation is 2. The zero-order valence-corrected chi connectivity index (χ0v) is 10.2. The maximum Gasteiger partial charge on any atom is 0.0811 e. The van der Waals surface area contributed by atoms with Gasteiger partial charge in [0.05, 0.1) is 11.4 Å². The van der Waals surface area contributed by atoms with E-state index >= 15 is 0 Å². The summed E-state index contributed by atoms with van der Waals surface area (Å²) in [6.07, 6.45) is 0. The molecular weight excluding hydrogens is 254 g/mol. The largest absolute Gasteiger partial charge is 0.399 e. The van der Waals surface area contributed by atoms with Gasteiger partial charge in [0.15, 0.2) is 0 Å². The van der Waals surface area contributed by atoms with Crippen LogP contribution in [0.4, 0.5) is 5.69 Å². The van der Waals surface area contributed by atoms with Crippen molar-refractivity contribution in [1.29, 1.82) is 0 Å². The average Bonchev–Trinajstić information content (AvgIpc) is 2.50. The molecule has 0 saturated heterocycles. The summed E-state index contributed by atoms with van der Waals surface area (Å²) in [7, 11) is 0. The highest BCUT2D eigenvalue weighted by Gasteiger charge is 2.07. The molecule has 3 nitrogen and oxygen atoms in total. The van der Waals surface area contributed by atoms with Crippen molar-refractivity contribution in [3.05, 3.63) is 40.1 Å². The first-order chi connectivity index (χ1) is 7.08. The summed E-state index contributed by atoms with van der Waals surface area (Å²) < 4.78 is 2.87. The molecule has 4 heteroatoms. The Morgan fingerprint density at radius 3 is 2.60 bits per heavy atom. The van der Waals surface area contributed by atoms with E-state index in [9.17, 15) is 0 Å². The van der Waals surface area contributed by atoms with Gasteiger partial charge in [0.2, 0.25) is 0 Å². The number of nitrogen functional groups attached to an aromatic ring is 1. The van der Waals surface area contributed by atoms with E-state index in [4.69, 9.17) is 5.73 Å². The molecule has 1 aromatic carbocycles. The van der Waals surface area contributed by atoms with Gasteiger partial charge in [0, 0.05) is 15.9 Å². The van der Waals surface area contributed by atoms with Gasteiger partial charge in [-0.3, -0.25) is 0 Å². The molecule has 1 heterocycles. The summed E-state index contributed by atoms with van der Waals surface area (Å²) in [6, 6.07) is 7.74. The maximum atomic E-state index is 5.76. The number of hydrogen-bond donors (Lipinski definition) is 1. The van der Waals surface area contributed by atoms with Gasteiger partial charge in [-0.1, -0.05) is 0 Å². The Bertz CT molecular complexity index is 503. The molecule has 0 saturated carbocycles. The van der Waals surface area contributed by atoms with Crippen molar-refractivity contribution in [2.45, 2.75) is 13.8 Å². The van der Waals surface area contributed by atoms with Crippen molar-refractivity contribution < 1.29 is 0 Å². The second kappa shape index (κ2) is 3.70. The van der Waals surface area contributed by atoms with Gasteiger partial charge < -0.3 is 5.73 Å². The van der Waals surface area contributed by atoms with Crippen LogP contribution in [0.2, 0.25) is 0 Å². The van der Waals surface area contributed by atoms with Crippen molar-refractivity contribution in [3.63, 3.8) is 0 Å². The number of anilines is 1. The Balaban J connectivity index is 2.62. The molecule has 15 heavy (non-hydrogen) atoms. The van der Waals surface area contributed by atoms with Gasteiger partial charge >= 0.3 is 0 Å². The minimum absolute atomic E-state index is 0.737. The second-order valence-corrected chi connectivity index (χ2v) is 4.40. The van der Waals surface area contributed by atoms with Crippen LogP contribution in [0.3, 0.4) is 0 Å². The van der Waals surface area contributed by atoms with Gasteiger partial charge in [0.1, 0.15) is 0 Å². The molecule has 0 unspecified atom stereocenters. The number of benzene rings is 1. The fraction of sp³-hybridized carbons (Fsp3) is 0.182. The van der Waals surface area contributed by atoms with Gasteiger partial charge in [-0.2, -0.15) is 5.10 Å². The Hall–Kier alpha value is -1.29. The summed E-state index contributed by atoms with van der Waals surface area (Å²) in [4.78, 5) is 0. The molecule has 0 atom stereocenters. The van der Waals surface area contributed by atoms with E-state index in [1.807, 2.05) is 42.8 Å². The summed E-state index contributed by atoms with van der Waals surface area (Å²) in [6.45, 7) is 4.00. The lowest BCUT2D eigenvalue weighted by Gasteiger charge is -2.07. The summed E-state index contributed by atoms with van der Waals surface area (Å²) in [5.41, 5.74) is 9.57. The number of nitrogens with two attached hydrogens (primary N) is 1. The van der Waals surface area contributed by atoms with Crippen LogP contribution in [0.5, 0.6) is 0 Å². The number of halogens is 1. The zero-order valence-electron chi connectivity index (χ0n) is 8.66. The quantitative estimate of drug-likeness (QED) is 0.806. The Labute approximate surface area is 97.0 Å². The molecule has 0 bridgehead atoms. The van der Waals surface area contributed by atoms with Crippen LogP contribution in [0, 0.1) is 13.8 Å². The predicted octanol–water partition coefficient (Wildman–Crippen LogP) is 2.83. The predicted molar refractivity (Wildman–Crippen MR) is 65.2 cm³/mol. The van der Waals surface area contributed by atoms with Crippen LogP contribution in [0.15, 0.2) is 28.7 Å². The third-order valence-electron chi connectivity index (χ3n) is 2.21.